The number of halogens is 1. The predicted molar refractivity (Wildman–Crippen MR) is 123 cm³/mol. The summed E-state index contributed by atoms with van der Waals surface area (Å²) in [5.74, 6) is -1.18. The van der Waals surface area contributed by atoms with Gasteiger partial charge in [-0.3, -0.25) is 0 Å². The molecule has 6 nitrogen and oxygen atoms in total. The van der Waals surface area contributed by atoms with Crippen molar-refractivity contribution in [1.82, 2.24) is 5.32 Å². The molecule has 3 N–H and O–H groups in total. The molecule has 0 aromatic heterocycles. The van der Waals surface area contributed by atoms with E-state index in [4.69, 9.17) is 16.7 Å². The molecule has 0 heterocycles. The predicted octanol–water partition coefficient (Wildman–Crippen LogP) is 4.13. The van der Waals surface area contributed by atoms with Crippen molar-refractivity contribution < 1.29 is 23.4 Å². The Balaban J connectivity index is 1.62. The molecular weight excluding hydrogens is 450 g/mol. The van der Waals surface area contributed by atoms with Gasteiger partial charge in [0.1, 0.15) is 0 Å². The van der Waals surface area contributed by atoms with Gasteiger partial charge in [-0.05, 0) is 66.9 Å². The molecule has 3 rings (SSSR count). The van der Waals surface area contributed by atoms with Crippen molar-refractivity contribution in [2.45, 2.75) is 35.3 Å². The lowest BCUT2D eigenvalue weighted by molar-refractivity contribution is 0.0696. The van der Waals surface area contributed by atoms with Crippen LogP contribution in [-0.4, -0.2) is 37.2 Å². The van der Waals surface area contributed by atoms with Gasteiger partial charge >= 0.3 is 5.97 Å². The van der Waals surface area contributed by atoms with Crippen molar-refractivity contribution in [3.8, 4) is 0 Å². The van der Waals surface area contributed by atoms with Gasteiger partial charge in [-0.25, -0.2) is 13.2 Å². The minimum absolute atomic E-state index is 0.0403. The first-order valence-corrected chi connectivity index (χ1v) is 11.9. The van der Waals surface area contributed by atoms with Crippen LogP contribution in [-0.2, 0) is 16.3 Å². The average Bonchev–Trinajstić information content (AvgIpc) is 2.78. The zero-order chi connectivity index (χ0) is 23.3. The largest absolute Gasteiger partial charge is 0.478 e. The second-order valence-electron chi connectivity index (χ2n) is 7.56. The minimum Gasteiger partial charge on any atom is -0.478 e. The zero-order valence-electron chi connectivity index (χ0n) is 17.4. The fourth-order valence-corrected chi connectivity index (χ4v) is 4.81. The number of hydrogen-bond donors (Lipinski definition) is 3. The molecule has 0 aliphatic heterocycles. The molecule has 0 saturated heterocycles. The van der Waals surface area contributed by atoms with Gasteiger partial charge in [0.05, 0.1) is 21.5 Å². The van der Waals surface area contributed by atoms with Crippen LogP contribution in [0.3, 0.4) is 0 Å². The smallest absolute Gasteiger partial charge is 0.335 e. The van der Waals surface area contributed by atoms with E-state index in [0.29, 0.717) is 18.0 Å². The number of aliphatic hydroxyl groups excluding tert-OH is 1. The number of carboxylic acid groups (broad SMARTS) is 1. The Labute approximate surface area is 192 Å². The van der Waals surface area contributed by atoms with Crippen LogP contribution in [0, 0.1) is 0 Å². The highest BCUT2D eigenvalue weighted by Gasteiger charge is 2.19. The van der Waals surface area contributed by atoms with Gasteiger partial charge in [0.25, 0.3) is 0 Å². The molecule has 0 spiro atoms. The van der Waals surface area contributed by atoms with Crippen molar-refractivity contribution in [2.75, 3.05) is 6.54 Å². The number of nitrogens with one attached hydrogen (secondary N) is 1. The first-order valence-electron chi connectivity index (χ1n) is 10.0. The molecule has 0 bridgehead atoms. The minimum atomic E-state index is -3.82. The number of aromatic carboxylic acids is 1. The summed E-state index contributed by atoms with van der Waals surface area (Å²) in [6, 6.07) is 18.9. The summed E-state index contributed by atoms with van der Waals surface area (Å²) in [5.41, 5.74) is 1.58. The van der Waals surface area contributed by atoms with E-state index in [-0.39, 0.29) is 21.4 Å². The van der Waals surface area contributed by atoms with Gasteiger partial charge < -0.3 is 15.5 Å². The first-order chi connectivity index (χ1) is 15.2. The van der Waals surface area contributed by atoms with Crippen LogP contribution >= 0.6 is 11.6 Å². The van der Waals surface area contributed by atoms with Crippen LogP contribution in [0.1, 0.15) is 34.5 Å². The average molecular weight is 474 g/mol. The lowest BCUT2D eigenvalue weighted by Gasteiger charge is -2.18. The number of benzene rings is 3. The third-order valence-electron chi connectivity index (χ3n) is 5.06. The molecule has 0 unspecified atom stereocenters. The number of rotatable bonds is 9. The molecular formula is C24H24ClNO5S. The fraction of sp³-hybridized carbons (Fsp3) is 0.208. The molecule has 0 fully saturated rings. The Morgan fingerprint density at radius 3 is 2.34 bits per heavy atom. The molecule has 0 aliphatic carbocycles. The van der Waals surface area contributed by atoms with E-state index in [1.807, 2.05) is 13.0 Å². The van der Waals surface area contributed by atoms with Crippen LogP contribution in [0.2, 0.25) is 5.02 Å². The van der Waals surface area contributed by atoms with Crippen molar-refractivity contribution in [3.63, 3.8) is 0 Å². The highest BCUT2D eigenvalue weighted by molar-refractivity contribution is 7.91. The number of carbonyl (C=O) groups is 1. The Morgan fingerprint density at radius 2 is 1.69 bits per heavy atom. The van der Waals surface area contributed by atoms with Crippen LogP contribution in [0.25, 0.3) is 0 Å². The summed E-state index contributed by atoms with van der Waals surface area (Å²) in [5, 5.41) is 23.3. The second-order valence-corrected chi connectivity index (χ2v) is 9.95. The molecule has 0 amide bonds. The number of sulfone groups is 1. The summed E-state index contributed by atoms with van der Waals surface area (Å²) < 4.78 is 25.7. The van der Waals surface area contributed by atoms with Crippen molar-refractivity contribution in [3.05, 3.63) is 94.5 Å². The second kappa shape index (κ2) is 10.3. The monoisotopic (exact) mass is 473 g/mol. The van der Waals surface area contributed by atoms with E-state index in [1.54, 1.807) is 30.3 Å². The van der Waals surface area contributed by atoms with Crippen LogP contribution in [0.5, 0.6) is 0 Å². The quantitative estimate of drug-likeness (QED) is 0.432. The normalized spacial score (nSPS) is 13.5. The molecule has 3 aromatic carbocycles. The van der Waals surface area contributed by atoms with Gasteiger partial charge in [-0.1, -0.05) is 41.9 Å². The SMILES string of the molecule is C[C@H](Cc1ccc(S(=O)(=O)c2cccc(C(=O)O)c2)cc1)NC[C@@H](O)c1cccc(Cl)c1. The third kappa shape index (κ3) is 5.95. The Bertz CT molecular complexity index is 1200. The molecule has 0 saturated carbocycles. The number of aliphatic hydroxyl groups is 1. The van der Waals surface area contributed by atoms with E-state index in [2.05, 4.69) is 5.32 Å². The van der Waals surface area contributed by atoms with Gasteiger partial charge in [0, 0.05) is 17.6 Å². The highest BCUT2D eigenvalue weighted by atomic mass is 35.5. The third-order valence-corrected chi connectivity index (χ3v) is 7.06. The van der Waals surface area contributed by atoms with Crippen molar-refractivity contribution >= 4 is 27.4 Å². The lowest BCUT2D eigenvalue weighted by atomic mass is 10.1. The summed E-state index contributed by atoms with van der Waals surface area (Å²) in [6.45, 7) is 2.33. The number of hydrogen-bond acceptors (Lipinski definition) is 5. The molecule has 0 radical (unpaired) electrons. The Morgan fingerprint density at radius 1 is 1.00 bits per heavy atom. The van der Waals surface area contributed by atoms with Gasteiger partial charge in [-0.15, -0.1) is 0 Å². The van der Waals surface area contributed by atoms with Gasteiger partial charge in [0.15, 0.2) is 0 Å². The van der Waals surface area contributed by atoms with Crippen LogP contribution in [0.15, 0.2) is 82.6 Å². The molecule has 0 aliphatic rings. The summed E-state index contributed by atoms with van der Waals surface area (Å²) in [7, 11) is -3.82. The molecule has 168 valence electrons. The van der Waals surface area contributed by atoms with Crippen LogP contribution in [0.4, 0.5) is 0 Å². The van der Waals surface area contributed by atoms with E-state index < -0.39 is 21.9 Å². The highest BCUT2D eigenvalue weighted by Crippen LogP contribution is 2.23. The number of carboxylic acids is 1. The summed E-state index contributed by atoms with van der Waals surface area (Å²) in [4.78, 5) is 11.2. The van der Waals surface area contributed by atoms with Crippen molar-refractivity contribution in [2.24, 2.45) is 0 Å². The standard InChI is InChI=1S/C24H24ClNO5S/c1-16(26-15-23(27)18-4-2-6-20(25)13-18)12-17-8-10-21(11-9-17)32(30,31)22-7-3-5-19(14-22)24(28)29/h2-11,13-14,16,23,26-27H,12,15H2,1H3,(H,28,29)/t16-,23-/m1/s1. The molecule has 32 heavy (non-hydrogen) atoms. The summed E-state index contributed by atoms with van der Waals surface area (Å²) in [6.07, 6.45) is -0.0536. The zero-order valence-corrected chi connectivity index (χ0v) is 19.0. The summed E-state index contributed by atoms with van der Waals surface area (Å²) >= 11 is 5.96. The van der Waals surface area contributed by atoms with Crippen molar-refractivity contribution in [1.29, 1.82) is 0 Å². The van der Waals surface area contributed by atoms with Gasteiger partial charge in [0.2, 0.25) is 9.84 Å². The van der Waals surface area contributed by atoms with E-state index in [0.717, 1.165) is 17.2 Å². The molecule has 2 atom stereocenters. The van der Waals surface area contributed by atoms with E-state index in [9.17, 15) is 18.3 Å². The fourth-order valence-electron chi connectivity index (χ4n) is 3.31. The topological polar surface area (TPSA) is 104 Å². The Kier molecular flexibility index (Phi) is 7.69. The first kappa shape index (κ1) is 23.9. The maximum Gasteiger partial charge on any atom is 0.335 e. The van der Waals surface area contributed by atoms with E-state index >= 15 is 0 Å². The van der Waals surface area contributed by atoms with Gasteiger partial charge in [-0.2, -0.15) is 0 Å². The maximum absolute atomic E-state index is 12.8. The Hall–Kier alpha value is -2.71. The molecule has 3 aromatic rings. The maximum atomic E-state index is 12.8. The van der Waals surface area contributed by atoms with Crippen LogP contribution < -0.4 is 5.32 Å². The molecule has 8 heteroatoms. The van der Waals surface area contributed by atoms with E-state index in [1.165, 1.54) is 30.3 Å². The lowest BCUT2D eigenvalue weighted by Crippen LogP contribution is -2.32.